The van der Waals surface area contributed by atoms with Crippen molar-refractivity contribution in [1.29, 1.82) is 0 Å². The molecule has 34 heavy (non-hydrogen) atoms. The van der Waals surface area contributed by atoms with Crippen molar-refractivity contribution in [2.75, 3.05) is 6.61 Å². The number of hydrazone groups is 1. The van der Waals surface area contributed by atoms with Crippen LogP contribution in [0.1, 0.15) is 23.8 Å². The molecule has 176 valence electrons. The largest absolute Gasteiger partial charge is 0.480 e. The molecule has 0 spiro atoms. The van der Waals surface area contributed by atoms with E-state index in [1.54, 1.807) is 6.92 Å². The van der Waals surface area contributed by atoms with Gasteiger partial charge in [0.2, 0.25) is 0 Å². The number of hydrogen-bond acceptors (Lipinski definition) is 9. The zero-order valence-electron chi connectivity index (χ0n) is 18.1. The van der Waals surface area contributed by atoms with Gasteiger partial charge < -0.3 is 9.84 Å². The van der Waals surface area contributed by atoms with Crippen LogP contribution >= 0.6 is 35.3 Å². The molecule has 2 aromatic rings. The summed E-state index contributed by atoms with van der Waals surface area (Å²) < 4.78 is 5.44. The number of carbonyl (C=O) groups is 3. The molecule has 11 heteroatoms. The number of aliphatic carboxylic acids is 1. The van der Waals surface area contributed by atoms with Crippen LogP contribution in [0.3, 0.4) is 0 Å². The summed E-state index contributed by atoms with van der Waals surface area (Å²) in [5.41, 5.74) is 1.50. The van der Waals surface area contributed by atoms with Crippen LogP contribution in [0.4, 0.5) is 0 Å². The fourth-order valence-electron chi connectivity index (χ4n) is 3.65. The van der Waals surface area contributed by atoms with Gasteiger partial charge in [-0.05, 0) is 23.9 Å². The number of rotatable bonds is 8. The summed E-state index contributed by atoms with van der Waals surface area (Å²) in [6.07, 6.45) is 1.86. The van der Waals surface area contributed by atoms with E-state index in [4.69, 9.17) is 17.0 Å². The minimum atomic E-state index is -1.05. The molecule has 2 aliphatic heterocycles. The summed E-state index contributed by atoms with van der Waals surface area (Å²) in [5.74, 6) is -2.07. The van der Waals surface area contributed by atoms with Crippen molar-refractivity contribution >= 4 is 63.2 Å². The first kappa shape index (κ1) is 24.1. The summed E-state index contributed by atoms with van der Waals surface area (Å²) in [6.45, 7) is 1.87. The van der Waals surface area contributed by atoms with Crippen molar-refractivity contribution in [3.8, 4) is 0 Å². The second kappa shape index (κ2) is 10.5. The lowest BCUT2D eigenvalue weighted by molar-refractivity contribution is -0.150. The van der Waals surface area contributed by atoms with E-state index in [1.165, 1.54) is 27.4 Å². The van der Waals surface area contributed by atoms with Crippen molar-refractivity contribution < 1.29 is 24.2 Å². The van der Waals surface area contributed by atoms with Gasteiger partial charge in [-0.3, -0.25) is 14.7 Å². The quantitative estimate of drug-likeness (QED) is 0.324. The molecule has 1 aromatic carbocycles. The van der Waals surface area contributed by atoms with Crippen LogP contribution in [0, 0.1) is 0 Å². The number of carbonyl (C=O) groups excluding carboxylic acids is 2. The molecule has 1 aromatic heterocycles. The number of carboxylic acids is 1. The van der Waals surface area contributed by atoms with Crippen molar-refractivity contribution in [3.05, 3.63) is 69.4 Å². The molecule has 2 aliphatic rings. The van der Waals surface area contributed by atoms with E-state index in [-0.39, 0.29) is 28.7 Å². The molecule has 1 amide bonds. The first-order chi connectivity index (χ1) is 16.4. The summed E-state index contributed by atoms with van der Waals surface area (Å²) in [7, 11) is 0. The molecule has 2 atom stereocenters. The maximum Gasteiger partial charge on any atom is 0.329 e. The van der Waals surface area contributed by atoms with Gasteiger partial charge in [-0.25, -0.2) is 9.59 Å². The zero-order valence-corrected chi connectivity index (χ0v) is 20.6. The molecule has 8 nitrogen and oxygen atoms in total. The lowest BCUT2D eigenvalue weighted by Gasteiger charge is -2.25. The highest BCUT2D eigenvalue weighted by Gasteiger charge is 2.42. The second-order valence-corrected chi connectivity index (χ2v) is 10.1. The minimum absolute atomic E-state index is 0.170. The summed E-state index contributed by atoms with van der Waals surface area (Å²) >= 11 is 7.94. The van der Waals surface area contributed by atoms with Gasteiger partial charge in [0.1, 0.15) is 10.4 Å². The lowest BCUT2D eigenvalue weighted by atomic mass is 10.0. The van der Waals surface area contributed by atoms with Crippen LogP contribution in [0.5, 0.6) is 0 Å². The number of amides is 1. The van der Waals surface area contributed by atoms with Gasteiger partial charge in [-0.2, -0.15) is 5.10 Å². The van der Waals surface area contributed by atoms with Crippen molar-refractivity contribution in [2.24, 2.45) is 5.10 Å². The minimum Gasteiger partial charge on any atom is -0.480 e. The third kappa shape index (κ3) is 5.06. The van der Waals surface area contributed by atoms with Crippen LogP contribution in [0.25, 0.3) is 0 Å². The Morgan fingerprint density at radius 2 is 2.06 bits per heavy atom. The lowest BCUT2D eigenvalue weighted by Crippen LogP contribution is -2.46. The van der Waals surface area contributed by atoms with Gasteiger partial charge in [0, 0.05) is 19.0 Å². The number of hydrogen-bond donors (Lipinski definition) is 1. The zero-order chi connectivity index (χ0) is 24.2. The number of esters is 1. The van der Waals surface area contributed by atoms with Crippen LogP contribution in [0.15, 0.2) is 64.1 Å². The van der Waals surface area contributed by atoms with Crippen LogP contribution in [-0.2, 0) is 25.5 Å². The van der Waals surface area contributed by atoms with Crippen LogP contribution in [-0.4, -0.2) is 61.6 Å². The number of benzene rings is 1. The maximum atomic E-state index is 13.4. The summed E-state index contributed by atoms with van der Waals surface area (Å²) in [5, 5.41) is 17.3. The van der Waals surface area contributed by atoms with Gasteiger partial charge in [0.25, 0.3) is 5.91 Å². The molecular formula is C23H21N3O5S3. The number of thiocarbonyl (C=S) groups is 1. The average Bonchev–Trinajstić information content (AvgIpc) is 3.54. The second-order valence-electron chi connectivity index (χ2n) is 7.46. The number of thioether (sulfide) groups is 1. The molecule has 0 unspecified atom stereocenters. The predicted octanol–water partition coefficient (Wildman–Crippen LogP) is 3.49. The fourth-order valence-corrected chi connectivity index (χ4v) is 5.70. The Balaban J connectivity index is 1.62. The Bertz CT molecular complexity index is 1160. The Hall–Kier alpha value is -3.02. The molecule has 0 aliphatic carbocycles. The highest BCUT2D eigenvalue weighted by atomic mass is 32.2. The molecule has 1 saturated heterocycles. The van der Waals surface area contributed by atoms with Crippen LogP contribution in [0.2, 0.25) is 0 Å². The van der Waals surface area contributed by atoms with Gasteiger partial charge in [-0.1, -0.05) is 60.4 Å². The van der Waals surface area contributed by atoms with Crippen molar-refractivity contribution in [1.82, 2.24) is 9.91 Å². The fraction of sp³-hybridized carbons (Fsp3) is 0.261. The molecule has 1 fully saturated rings. The Kier molecular flexibility index (Phi) is 7.44. The molecule has 0 bridgehead atoms. The predicted molar refractivity (Wildman–Crippen MR) is 134 cm³/mol. The van der Waals surface area contributed by atoms with Crippen molar-refractivity contribution in [3.63, 3.8) is 0 Å². The third-order valence-corrected chi connectivity index (χ3v) is 7.48. The highest BCUT2D eigenvalue weighted by Crippen LogP contribution is 2.35. The van der Waals surface area contributed by atoms with Gasteiger partial charge >= 0.3 is 11.9 Å². The molecule has 0 radical (unpaired) electrons. The summed E-state index contributed by atoms with van der Waals surface area (Å²) in [6, 6.07) is 11.2. The first-order valence-electron chi connectivity index (χ1n) is 10.5. The first-order valence-corrected chi connectivity index (χ1v) is 12.6. The van der Waals surface area contributed by atoms with Gasteiger partial charge in [-0.15, -0.1) is 11.3 Å². The number of nitrogens with zero attached hydrogens (tertiary/aromatic N) is 3. The van der Waals surface area contributed by atoms with E-state index in [2.05, 4.69) is 5.10 Å². The maximum absolute atomic E-state index is 13.4. The average molecular weight is 516 g/mol. The van der Waals surface area contributed by atoms with E-state index in [0.717, 1.165) is 22.2 Å². The van der Waals surface area contributed by atoms with E-state index in [9.17, 15) is 19.5 Å². The highest BCUT2D eigenvalue weighted by molar-refractivity contribution is 8.26. The Labute approximate surface area is 209 Å². The van der Waals surface area contributed by atoms with Gasteiger partial charge in [0.05, 0.1) is 22.1 Å². The topological polar surface area (TPSA) is 99.5 Å². The molecule has 4 rings (SSSR count). The van der Waals surface area contributed by atoms with E-state index < -0.39 is 29.9 Å². The molecule has 1 N–H and O–H groups in total. The SMILES string of the molecule is CCOC(=O)[C@H](Cc1ccccc1)N1C(=O)/C(=C/N2N=C(c3cccs3)C[C@@H]2C(=O)O)SC1=S. The smallest absolute Gasteiger partial charge is 0.329 e. The number of thiophene rings is 1. The van der Waals surface area contributed by atoms with Crippen LogP contribution < -0.4 is 0 Å². The number of carboxylic acid groups (broad SMARTS) is 1. The van der Waals surface area contributed by atoms with E-state index in [0.29, 0.717) is 5.71 Å². The Morgan fingerprint density at radius 1 is 1.29 bits per heavy atom. The standard InChI is InChI=1S/C23H21N3O5S3/c1-2-31-22(30)17(11-14-7-4-3-5-8-14)26-20(27)19(34-23(26)32)13-25-16(21(28)29)12-15(24-25)18-9-6-10-33-18/h3-10,13,16-17H,2,11-12H2,1H3,(H,28,29)/b19-13-/t16-,17+/m1/s1. The third-order valence-electron chi connectivity index (χ3n) is 5.25. The van der Waals surface area contributed by atoms with E-state index in [1.807, 2.05) is 47.8 Å². The van der Waals surface area contributed by atoms with E-state index >= 15 is 0 Å². The Morgan fingerprint density at radius 3 is 2.71 bits per heavy atom. The molecule has 3 heterocycles. The monoisotopic (exact) mass is 515 g/mol. The number of ether oxygens (including phenoxy) is 1. The normalized spacial score (nSPS) is 20.1. The molecule has 0 saturated carbocycles. The van der Waals surface area contributed by atoms with Gasteiger partial charge in [0.15, 0.2) is 6.04 Å². The molecular weight excluding hydrogens is 494 g/mol. The summed E-state index contributed by atoms with van der Waals surface area (Å²) in [4.78, 5) is 40.3. The van der Waals surface area contributed by atoms with Crippen molar-refractivity contribution in [2.45, 2.75) is 31.8 Å².